The van der Waals surface area contributed by atoms with E-state index in [1.54, 1.807) is 7.11 Å². The second-order valence-corrected chi connectivity index (χ2v) is 5.26. The van der Waals surface area contributed by atoms with Crippen LogP contribution in [0, 0.1) is 0 Å². The molecule has 0 saturated carbocycles. The highest BCUT2D eigenvalue weighted by Crippen LogP contribution is 2.29. The molecular weight excluding hydrogens is 298 g/mol. The van der Waals surface area contributed by atoms with Crippen LogP contribution in [0.1, 0.15) is 11.1 Å². The van der Waals surface area contributed by atoms with E-state index in [0.717, 1.165) is 40.7 Å². The standard InChI is InChI=1S/C18H20ClNO2/c1-3-10-20-12-15-6-9-17(18(11-15)21-2)22-13-14-4-7-16(19)8-5-14/h3-9,11,20H,1,10,12-13H2,2H3. The van der Waals surface area contributed by atoms with Gasteiger partial charge in [-0.25, -0.2) is 0 Å². The van der Waals surface area contributed by atoms with Crippen LogP contribution in [-0.2, 0) is 13.2 Å². The second kappa shape index (κ2) is 8.47. The minimum absolute atomic E-state index is 0.474. The van der Waals surface area contributed by atoms with E-state index in [0.29, 0.717) is 6.61 Å². The van der Waals surface area contributed by atoms with Crippen molar-refractivity contribution in [3.63, 3.8) is 0 Å². The number of halogens is 1. The van der Waals surface area contributed by atoms with Gasteiger partial charge in [-0.2, -0.15) is 0 Å². The van der Waals surface area contributed by atoms with Crippen molar-refractivity contribution in [3.8, 4) is 11.5 Å². The van der Waals surface area contributed by atoms with Crippen LogP contribution in [0.25, 0.3) is 0 Å². The lowest BCUT2D eigenvalue weighted by Gasteiger charge is -2.12. The van der Waals surface area contributed by atoms with Crippen LogP contribution in [-0.4, -0.2) is 13.7 Å². The van der Waals surface area contributed by atoms with Crippen molar-refractivity contribution in [3.05, 3.63) is 71.3 Å². The molecule has 1 N–H and O–H groups in total. The largest absolute Gasteiger partial charge is 0.493 e. The summed E-state index contributed by atoms with van der Waals surface area (Å²) in [6.45, 7) is 5.70. The number of hydrogen-bond donors (Lipinski definition) is 1. The van der Waals surface area contributed by atoms with Crippen LogP contribution in [0.5, 0.6) is 11.5 Å². The predicted molar refractivity (Wildman–Crippen MR) is 90.7 cm³/mol. The summed E-state index contributed by atoms with van der Waals surface area (Å²) in [5.41, 5.74) is 2.20. The smallest absolute Gasteiger partial charge is 0.161 e. The lowest BCUT2D eigenvalue weighted by atomic mass is 10.2. The Balaban J connectivity index is 2.00. The number of methoxy groups -OCH3 is 1. The first-order valence-corrected chi connectivity index (χ1v) is 7.46. The molecule has 2 aromatic carbocycles. The maximum atomic E-state index is 5.87. The van der Waals surface area contributed by atoms with E-state index >= 15 is 0 Å². The zero-order valence-electron chi connectivity index (χ0n) is 12.6. The molecule has 4 heteroatoms. The molecule has 2 rings (SSSR count). The van der Waals surface area contributed by atoms with Gasteiger partial charge in [-0.3, -0.25) is 0 Å². The molecule has 0 atom stereocenters. The molecule has 0 radical (unpaired) electrons. The highest BCUT2D eigenvalue weighted by atomic mass is 35.5. The fraction of sp³-hybridized carbons (Fsp3) is 0.222. The molecule has 0 aromatic heterocycles. The lowest BCUT2D eigenvalue weighted by Crippen LogP contribution is -2.12. The van der Waals surface area contributed by atoms with Gasteiger partial charge >= 0.3 is 0 Å². The van der Waals surface area contributed by atoms with Gasteiger partial charge in [0.25, 0.3) is 0 Å². The van der Waals surface area contributed by atoms with Crippen LogP contribution in [0.2, 0.25) is 5.02 Å². The highest BCUT2D eigenvalue weighted by Gasteiger charge is 2.06. The second-order valence-electron chi connectivity index (χ2n) is 4.82. The van der Waals surface area contributed by atoms with Crippen molar-refractivity contribution in [2.45, 2.75) is 13.2 Å². The fourth-order valence-corrected chi connectivity index (χ4v) is 2.13. The quantitative estimate of drug-likeness (QED) is 0.584. The number of benzene rings is 2. The Morgan fingerprint density at radius 1 is 1.09 bits per heavy atom. The van der Waals surface area contributed by atoms with Crippen molar-refractivity contribution < 1.29 is 9.47 Å². The molecule has 0 bridgehead atoms. The molecule has 0 heterocycles. The Bertz CT molecular complexity index is 611. The fourth-order valence-electron chi connectivity index (χ4n) is 2.00. The molecule has 22 heavy (non-hydrogen) atoms. The molecule has 3 nitrogen and oxygen atoms in total. The van der Waals surface area contributed by atoms with E-state index in [4.69, 9.17) is 21.1 Å². The summed E-state index contributed by atoms with van der Waals surface area (Å²) < 4.78 is 11.2. The number of ether oxygens (including phenoxy) is 2. The molecule has 0 unspecified atom stereocenters. The molecular formula is C18H20ClNO2. The van der Waals surface area contributed by atoms with E-state index in [2.05, 4.69) is 11.9 Å². The molecule has 0 fully saturated rings. The summed E-state index contributed by atoms with van der Waals surface area (Å²) in [5, 5.41) is 3.98. The van der Waals surface area contributed by atoms with Gasteiger partial charge in [-0.15, -0.1) is 6.58 Å². The summed E-state index contributed by atoms with van der Waals surface area (Å²) >= 11 is 5.87. The maximum absolute atomic E-state index is 5.87. The van der Waals surface area contributed by atoms with Crippen molar-refractivity contribution in [1.82, 2.24) is 5.32 Å². The first-order chi connectivity index (χ1) is 10.7. The minimum atomic E-state index is 0.474. The number of nitrogens with one attached hydrogen (secondary N) is 1. The Morgan fingerprint density at radius 2 is 1.82 bits per heavy atom. The summed E-state index contributed by atoms with van der Waals surface area (Å²) in [6, 6.07) is 13.5. The topological polar surface area (TPSA) is 30.5 Å². The Hall–Kier alpha value is -1.97. The first kappa shape index (κ1) is 16.4. The van der Waals surface area contributed by atoms with Crippen LogP contribution in [0.15, 0.2) is 55.1 Å². The van der Waals surface area contributed by atoms with Crippen molar-refractivity contribution in [2.24, 2.45) is 0 Å². The predicted octanol–water partition coefficient (Wildman–Crippen LogP) is 4.20. The third kappa shape index (κ3) is 4.79. The minimum Gasteiger partial charge on any atom is -0.493 e. The SMILES string of the molecule is C=CCNCc1ccc(OCc2ccc(Cl)cc2)c(OC)c1. The highest BCUT2D eigenvalue weighted by molar-refractivity contribution is 6.30. The van der Waals surface area contributed by atoms with E-state index in [9.17, 15) is 0 Å². The molecule has 0 saturated heterocycles. The van der Waals surface area contributed by atoms with Gasteiger partial charge in [-0.1, -0.05) is 35.9 Å². The number of rotatable bonds is 8. The normalized spacial score (nSPS) is 10.3. The van der Waals surface area contributed by atoms with E-state index in [1.807, 2.05) is 48.5 Å². The molecule has 2 aromatic rings. The Morgan fingerprint density at radius 3 is 2.50 bits per heavy atom. The Labute approximate surface area is 136 Å². The van der Waals surface area contributed by atoms with E-state index in [1.165, 1.54) is 0 Å². The van der Waals surface area contributed by atoms with Crippen molar-refractivity contribution in [2.75, 3.05) is 13.7 Å². The van der Waals surface area contributed by atoms with Crippen LogP contribution in [0.3, 0.4) is 0 Å². The average Bonchev–Trinajstić information content (AvgIpc) is 2.55. The van der Waals surface area contributed by atoms with Gasteiger partial charge in [0.15, 0.2) is 11.5 Å². The Kier molecular flexibility index (Phi) is 6.31. The molecule has 0 aliphatic heterocycles. The average molecular weight is 318 g/mol. The van der Waals surface area contributed by atoms with E-state index in [-0.39, 0.29) is 0 Å². The third-order valence-corrected chi connectivity index (χ3v) is 3.41. The maximum Gasteiger partial charge on any atom is 0.161 e. The summed E-state index contributed by atoms with van der Waals surface area (Å²) in [7, 11) is 1.64. The van der Waals surface area contributed by atoms with E-state index < -0.39 is 0 Å². The molecule has 0 spiro atoms. The van der Waals surface area contributed by atoms with Crippen LogP contribution < -0.4 is 14.8 Å². The van der Waals surface area contributed by atoms with Gasteiger partial charge in [0.2, 0.25) is 0 Å². The number of hydrogen-bond acceptors (Lipinski definition) is 3. The van der Waals surface area contributed by atoms with Crippen molar-refractivity contribution >= 4 is 11.6 Å². The zero-order chi connectivity index (χ0) is 15.8. The first-order valence-electron chi connectivity index (χ1n) is 7.08. The monoisotopic (exact) mass is 317 g/mol. The third-order valence-electron chi connectivity index (χ3n) is 3.15. The summed E-state index contributed by atoms with van der Waals surface area (Å²) in [4.78, 5) is 0. The van der Waals surface area contributed by atoms with Gasteiger partial charge in [0.1, 0.15) is 6.61 Å². The lowest BCUT2D eigenvalue weighted by molar-refractivity contribution is 0.284. The molecule has 116 valence electrons. The van der Waals surface area contributed by atoms with Crippen molar-refractivity contribution in [1.29, 1.82) is 0 Å². The van der Waals surface area contributed by atoms with Crippen LogP contribution in [0.4, 0.5) is 0 Å². The molecule has 0 aliphatic rings. The van der Waals surface area contributed by atoms with Gasteiger partial charge in [0, 0.05) is 18.1 Å². The van der Waals surface area contributed by atoms with Gasteiger partial charge < -0.3 is 14.8 Å². The van der Waals surface area contributed by atoms with Gasteiger partial charge in [0.05, 0.1) is 7.11 Å². The summed E-state index contributed by atoms with van der Waals surface area (Å²) in [6.07, 6.45) is 1.83. The van der Waals surface area contributed by atoms with Gasteiger partial charge in [-0.05, 0) is 35.4 Å². The molecule has 0 amide bonds. The summed E-state index contributed by atoms with van der Waals surface area (Å²) in [5.74, 6) is 1.46. The zero-order valence-corrected chi connectivity index (χ0v) is 13.4. The van der Waals surface area contributed by atoms with Crippen LogP contribution >= 0.6 is 11.6 Å². The molecule has 0 aliphatic carbocycles.